The smallest absolute Gasteiger partial charge is 0.334 e. The highest BCUT2D eigenvalue weighted by molar-refractivity contribution is 9.10. The van der Waals surface area contributed by atoms with Crippen molar-refractivity contribution in [2.24, 2.45) is 0 Å². The predicted octanol–water partition coefficient (Wildman–Crippen LogP) is 2.03. The Morgan fingerprint density at radius 3 is 2.79 bits per heavy atom. The summed E-state index contributed by atoms with van der Waals surface area (Å²) < 4.78 is 5.77. The molecule has 1 N–H and O–H groups in total. The number of ether oxygens (including phenoxy) is 1. The van der Waals surface area contributed by atoms with Crippen LogP contribution in [0.15, 0.2) is 22.7 Å². The molecule has 0 aliphatic carbocycles. The first kappa shape index (κ1) is 14.3. The van der Waals surface area contributed by atoms with Crippen LogP contribution in [0.4, 0.5) is 0 Å². The molecule has 1 fully saturated rings. The van der Waals surface area contributed by atoms with Gasteiger partial charge in [-0.25, -0.2) is 4.79 Å². The number of aliphatic carboxylic acids is 1. The second-order valence-corrected chi connectivity index (χ2v) is 5.46. The molecule has 1 amide bonds. The van der Waals surface area contributed by atoms with Crippen LogP contribution in [-0.2, 0) is 9.53 Å². The normalized spacial score (nSPS) is 19.3. The van der Waals surface area contributed by atoms with E-state index in [0.29, 0.717) is 21.6 Å². The van der Waals surface area contributed by atoms with Crippen molar-refractivity contribution in [1.82, 2.24) is 4.90 Å². The Balaban J connectivity index is 2.16. The van der Waals surface area contributed by atoms with Crippen molar-refractivity contribution in [3.63, 3.8) is 0 Å². The zero-order valence-corrected chi connectivity index (χ0v) is 12.1. The minimum atomic E-state index is -1.07. The van der Waals surface area contributed by atoms with Crippen LogP contribution in [-0.4, -0.2) is 47.7 Å². The number of hydrogen-bond donors (Lipinski definition) is 1. The van der Waals surface area contributed by atoms with E-state index in [1.165, 1.54) is 4.90 Å². The van der Waals surface area contributed by atoms with Gasteiger partial charge in [-0.05, 0) is 18.2 Å². The fraction of sp³-hybridized carbons (Fsp3) is 0.333. The number of halogens is 2. The molecule has 0 spiro atoms. The molecule has 7 heteroatoms. The molecule has 5 nitrogen and oxygen atoms in total. The molecule has 0 aromatic heterocycles. The van der Waals surface area contributed by atoms with Gasteiger partial charge in [0.25, 0.3) is 5.91 Å². The first-order valence-corrected chi connectivity index (χ1v) is 6.74. The van der Waals surface area contributed by atoms with Crippen molar-refractivity contribution < 1.29 is 19.4 Å². The molecule has 0 bridgehead atoms. The number of carbonyl (C=O) groups excluding carboxylic acids is 1. The van der Waals surface area contributed by atoms with Crippen LogP contribution < -0.4 is 0 Å². The molecule has 1 aliphatic heterocycles. The SMILES string of the molecule is O=C(O)C1CN(C(=O)c2cc(Cl)cc(Br)c2)CCO1. The van der Waals surface area contributed by atoms with Crippen LogP contribution in [0.2, 0.25) is 5.02 Å². The van der Waals surface area contributed by atoms with Gasteiger partial charge in [-0.3, -0.25) is 4.79 Å². The fourth-order valence-electron chi connectivity index (χ4n) is 1.84. The van der Waals surface area contributed by atoms with E-state index in [4.69, 9.17) is 21.4 Å². The zero-order valence-electron chi connectivity index (χ0n) is 9.81. The Morgan fingerprint density at radius 2 is 2.16 bits per heavy atom. The summed E-state index contributed by atoms with van der Waals surface area (Å²) in [6, 6.07) is 4.89. The predicted molar refractivity (Wildman–Crippen MR) is 72.4 cm³/mol. The topological polar surface area (TPSA) is 66.8 Å². The second kappa shape index (κ2) is 5.90. The van der Waals surface area contributed by atoms with E-state index in [1.54, 1.807) is 18.2 Å². The van der Waals surface area contributed by atoms with Gasteiger partial charge in [0.15, 0.2) is 6.10 Å². The van der Waals surface area contributed by atoms with Crippen LogP contribution >= 0.6 is 27.5 Å². The number of amides is 1. The number of carboxylic acids is 1. The highest BCUT2D eigenvalue weighted by atomic mass is 79.9. The van der Waals surface area contributed by atoms with E-state index >= 15 is 0 Å². The van der Waals surface area contributed by atoms with E-state index < -0.39 is 12.1 Å². The lowest BCUT2D eigenvalue weighted by molar-refractivity contribution is -0.154. The number of hydrogen-bond acceptors (Lipinski definition) is 3. The average molecular weight is 349 g/mol. The van der Waals surface area contributed by atoms with E-state index in [1.807, 2.05) is 0 Å². The fourth-order valence-corrected chi connectivity index (χ4v) is 2.70. The van der Waals surface area contributed by atoms with Gasteiger partial charge >= 0.3 is 5.97 Å². The molecule has 1 aromatic rings. The Hall–Kier alpha value is -1.11. The largest absolute Gasteiger partial charge is 0.479 e. The Labute approximate surface area is 123 Å². The van der Waals surface area contributed by atoms with Crippen molar-refractivity contribution in [2.75, 3.05) is 19.7 Å². The average Bonchev–Trinajstić information content (AvgIpc) is 2.37. The van der Waals surface area contributed by atoms with Crippen LogP contribution in [0.3, 0.4) is 0 Å². The molecule has 1 atom stereocenters. The van der Waals surface area contributed by atoms with Crippen molar-refractivity contribution in [3.05, 3.63) is 33.3 Å². The van der Waals surface area contributed by atoms with Gasteiger partial charge in [0, 0.05) is 21.6 Å². The zero-order chi connectivity index (χ0) is 14.0. The Bertz CT molecular complexity index is 502. The number of nitrogens with zero attached hydrogens (tertiary/aromatic N) is 1. The number of benzene rings is 1. The van der Waals surface area contributed by atoms with Gasteiger partial charge in [-0.2, -0.15) is 0 Å². The molecule has 0 saturated carbocycles. The summed E-state index contributed by atoms with van der Waals surface area (Å²) in [5, 5.41) is 9.35. The Morgan fingerprint density at radius 1 is 1.42 bits per heavy atom. The molecule has 1 unspecified atom stereocenters. The number of carboxylic acid groups (broad SMARTS) is 1. The van der Waals surface area contributed by atoms with E-state index in [2.05, 4.69) is 15.9 Å². The first-order chi connectivity index (χ1) is 8.97. The summed E-state index contributed by atoms with van der Waals surface area (Å²) >= 11 is 9.16. The number of morpholine rings is 1. The summed E-state index contributed by atoms with van der Waals surface area (Å²) in [5.74, 6) is -1.32. The van der Waals surface area contributed by atoms with Gasteiger partial charge in [0.1, 0.15) is 0 Å². The minimum Gasteiger partial charge on any atom is -0.479 e. The van der Waals surface area contributed by atoms with Crippen LogP contribution in [0.5, 0.6) is 0 Å². The molecular weight excluding hydrogens is 337 g/mol. The van der Waals surface area contributed by atoms with Crippen molar-refractivity contribution in [2.45, 2.75) is 6.10 Å². The van der Waals surface area contributed by atoms with Crippen LogP contribution in [0, 0.1) is 0 Å². The molecule has 0 radical (unpaired) electrons. The molecule has 19 heavy (non-hydrogen) atoms. The molecular formula is C12H11BrClNO4. The third-order valence-electron chi connectivity index (χ3n) is 2.74. The van der Waals surface area contributed by atoms with Crippen LogP contribution in [0.1, 0.15) is 10.4 Å². The first-order valence-electron chi connectivity index (χ1n) is 5.57. The number of rotatable bonds is 2. The lowest BCUT2D eigenvalue weighted by atomic mass is 10.1. The van der Waals surface area contributed by atoms with Gasteiger partial charge in [-0.1, -0.05) is 27.5 Å². The summed E-state index contributed by atoms with van der Waals surface area (Å²) in [6.45, 7) is 0.621. The van der Waals surface area contributed by atoms with Crippen molar-refractivity contribution >= 4 is 39.4 Å². The van der Waals surface area contributed by atoms with Crippen LogP contribution in [0.25, 0.3) is 0 Å². The highest BCUT2D eigenvalue weighted by Gasteiger charge is 2.29. The molecule has 1 aromatic carbocycles. The molecule has 1 heterocycles. The maximum absolute atomic E-state index is 12.3. The molecule has 102 valence electrons. The van der Waals surface area contributed by atoms with Gasteiger partial charge in [-0.15, -0.1) is 0 Å². The minimum absolute atomic E-state index is 0.0400. The summed E-state index contributed by atoms with van der Waals surface area (Å²) in [5.41, 5.74) is 0.422. The summed E-state index contributed by atoms with van der Waals surface area (Å²) in [4.78, 5) is 24.6. The lowest BCUT2D eigenvalue weighted by Gasteiger charge is -2.31. The molecule has 1 saturated heterocycles. The maximum Gasteiger partial charge on any atom is 0.334 e. The molecule has 2 rings (SSSR count). The third kappa shape index (κ3) is 3.46. The Kier molecular flexibility index (Phi) is 4.44. The summed E-state index contributed by atoms with van der Waals surface area (Å²) in [7, 11) is 0. The quantitative estimate of drug-likeness (QED) is 0.888. The third-order valence-corrected chi connectivity index (χ3v) is 3.41. The lowest BCUT2D eigenvalue weighted by Crippen LogP contribution is -2.48. The van der Waals surface area contributed by atoms with Gasteiger partial charge < -0.3 is 14.7 Å². The van der Waals surface area contributed by atoms with Gasteiger partial charge in [0.05, 0.1) is 13.2 Å². The van der Waals surface area contributed by atoms with Crippen molar-refractivity contribution in [3.8, 4) is 0 Å². The van der Waals surface area contributed by atoms with E-state index in [0.717, 1.165) is 0 Å². The van der Waals surface area contributed by atoms with Gasteiger partial charge in [0.2, 0.25) is 0 Å². The van der Waals surface area contributed by atoms with E-state index in [9.17, 15) is 9.59 Å². The molecule has 1 aliphatic rings. The number of carbonyl (C=O) groups is 2. The standard InChI is InChI=1S/C12H11BrClNO4/c13-8-3-7(4-9(14)5-8)11(16)15-1-2-19-10(6-15)12(17)18/h3-5,10H,1-2,6H2,(H,17,18). The van der Waals surface area contributed by atoms with Crippen molar-refractivity contribution in [1.29, 1.82) is 0 Å². The maximum atomic E-state index is 12.3. The monoisotopic (exact) mass is 347 g/mol. The highest BCUT2D eigenvalue weighted by Crippen LogP contribution is 2.21. The summed E-state index contributed by atoms with van der Waals surface area (Å²) in [6.07, 6.45) is -0.972. The second-order valence-electron chi connectivity index (χ2n) is 4.11. The van der Waals surface area contributed by atoms with E-state index in [-0.39, 0.29) is 19.1 Å².